The molecule has 0 aliphatic rings. The zero-order chi connectivity index (χ0) is 20.2. The second kappa shape index (κ2) is 10.0. The van der Waals surface area contributed by atoms with E-state index in [2.05, 4.69) is 87.3 Å². The van der Waals surface area contributed by atoms with E-state index in [4.69, 9.17) is 4.98 Å². The van der Waals surface area contributed by atoms with Crippen molar-refractivity contribution in [2.24, 2.45) is 0 Å². The standard InChI is InChI=1S/C23H21Br2NS3/c1-2-3-4-5-6-16-7-8-19(27-16)15-13-17(20-9-11-22(24)28-20)26-18(14-15)21-10-12-23(25)29-21/h7-14H,2-6H2,1H3. The lowest BCUT2D eigenvalue weighted by atomic mass is 10.1. The maximum Gasteiger partial charge on any atom is 0.0816 e. The van der Waals surface area contributed by atoms with Gasteiger partial charge in [-0.2, -0.15) is 0 Å². The van der Waals surface area contributed by atoms with E-state index in [9.17, 15) is 0 Å². The van der Waals surface area contributed by atoms with Crippen LogP contribution in [0.15, 0.2) is 56.1 Å². The first-order valence-corrected chi connectivity index (χ1v) is 13.8. The van der Waals surface area contributed by atoms with Crippen molar-refractivity contribution in [3.63, 3.8) is 0 Å². The number of hydrogen-bond donors (Lipinski definition) is 0. The van der Waals surface area contributed by atoms with Crippen LogP contribution in [0.25, 0.3) is 31.6 Å². The first-order chi connectivity index (χ1) is 14.1. The number of unbranched alkanes of at least 4 members (excludes halogenated alkanes) is 3. The second-order valence-electron chi connectivity index (χ2n) is 6.91. The van der Waals surface area contributed by atoms with E-state index in [1.807, 2.05) is 11.3 Å². The van der Waals surface area contributed by atoms with Gasteiger partial charge < -0.3 is 0 Å². The van der Waals surface area contributed by atoms with E-state index in [0.29, 0.717) is 0 Å². The molecule has 29 heavy (non-hydrogen) atoms. The Balaban J connectivity index is 1.68. The number of pyridine rings is 1. The van der Waals surface area contributed by atoms with Gasteiger partial charge in [0, 0.05) is 9.75 Å². The van der Waals surface area contributed by atoms with Gasteiger partial charge in [0.2, 0.25) is 0 Å². The smallest absolute Gasteiger partial charge is 0.0816 e. The normalized spacial score (nSPS) is 11.3. The van der Waals surface area contributed by atoms with Gasteiger partial charge >= 0.3 is 0 Å². The molecule has 0 saturated heterocycles. The molecule has 0 spiro atoms. The van der Waals surface area contributed by atoms with Gasteiger partial charge in [0.1, 0.15) is 0 Å². The molecule has 6 heteroatoms. The molecule has 4 aromatic rings. The molecule has 0 aliphatic heterocycles. The summed E-state index contributed by atoms with van der Waals surface area (Å²) in [6.45, 7) is 2.26. The van der Waals surface area contributed by atoms with Crippen LogP contribution in [0.2, 0.25) is 0 Å². The molecule has 0 N–H and O–H groups in total. The van der Waals surface area contributed by atoms with Crippen LogP contribution in [0, 0.1) is 0 Å². The number of halogens is 2. The van der Waals surface area contributed by atoms with Gasteiger partial charge in [-0.15, -0.1) is 34.0 Å². The van der Waals surface area contributed by atoms with E-state index in [-0.39, 0.29) is 0 Å². The van der Waals surface area contributed by atoms with Crippen molar-refractivity contribution in [1.29, 1.82) is 0 Å². The summed E-state index contributed by atoms with van der Waals surface area (Å²) in [5, 5.41) is 0. The zero-order valence-corrected chi connectivity index (χ0v) is 21.7. The first-order valence-electron chi connectivity index (χ1n) is 9.75. The van der Waals surface area contributed by atoms with Gasteiger partial charge in [0.15, 0.2) is 0 Å². The topological polar surface area (TPSA) is 12.9 Å². The van der Waals surface area contributed by atoms with Crippen LogP contribution in [-0.4, -0.2) is 4.98 Å². The fourth-order valence-corrected chi connectivity index (χ4v) is 6.95. The number of rotatable bonds is 8. The minimum Gasteiger partial charge on any atom is -0.246 e. The van der Waals surface area contributed by atoms with Crippen molar-refractivity contribution < 1.29 is 0 Å². The van der Waals surface area contributed by atoms with Crippen molar-refractivity contribution in [2.75, 3.05) is 0 Å². The van der Waals surface area contributed by atoms with Crippen molar-refractivity contribution in [3.05, 3.63) is 61.0 Å². The summed E-state index contributed by atoms with van der Waals surface area (Å²) in [4.78, 5) is 10.2. The number of hydrogen-bond acceptors (Lipinski definition) is 4. The molecule has 0 radical (unpaired) electrons. The van der Waals surface area contributed by atoms with Gasteiger partial charge in [-0.1, -0.05) is 26.2 Å². The van der Waals surface area contributed by atoms with Crippen LogP contribution >= 0.6 is 65.9 Å². The molecule has 0 atom stereocenters. The summed E-state index contributed by atoms with van der Waals surface area (Å²) in [6.07, 6.45) is 6.42. The zero-order valence-electron chi connectivity index (χ0n) is 16.1. The Morgan fingerprint density at radius 2 is 1.34 bits per heavy atom. The maximum atomic E-state index is 4.99. The lowest BCUT2D eigenvalue weighted by Gasteiger charge is -2.06. The molecular formula is C23H21Br2NS3. The highest BCUT2D eigenvalue weighted by Crippen LogP contribution is 2.39. The lowest BCUT2D eigenvalue weighted by Crippen LogP contribution is -1.87. The summed E-state index contributed by atoms with van der Waals surface area (Å²) in [5.41, 5.74) is 3.33. The van der Waals surface area contributed by atoms with Crippen LogP contribution in [0.1, 0.15) is 37.5 Å². The van der Waals surface area contributed by atoms with Gasteiger partial charge in [0.25, 0.3) is 0 Å². The third kappa shape index (κ3) is 5.47. The quantitative estimate of drug-likeness (QED) is 0.193. The minimum atomic E-state index is 1.04. The maximum absolute atomic E-state index is 4.99. The monoisotopic (exact) mass is 565 g/mol. The van der Waals surface area contributed by atoms with Crippen LogP contribution in [-0.2, 0) is 6.42 Å². The Kier molecular flexibility index (Phi) is 7.40. The van der Waals surface area contributed by atoms with E-state index in [1.54, 1.807) is 22.7 Å². The van der Waals surface area contributed by atoms with Crippen molar-refractivity contribution in [1.82, 2.24) is 4.98 Å². The number of aryl methyl sites for hydroxylation is 1. The highest BCUT2D eigenvalue weighted by Gasteiger charge is 2.13. The minimum absolute atomic E-state index is 1.04. The third-order valence-electron chi connectivity index (χ3n) is 4.70. The third-order valence-corrected chi connectivity index (χ3v) is 9.19. The van der Waals surface area contributed by atoms with Gasteiger partial charge in [-0.3, -0.25) is 0 Å². The first kappa shape index (κ1) is 21.4. The highest BCUT2D eigenvalue weighted by atomic mass is 79.9. The molecule has 0 aliphatic carbocycles. The van der Waals surface area contributed by atoms with Crippen LogP contribution < -0.4 is 0 Å². The molecular weight excluding hydrogens is 546 g/mol. The molecule has 0 fully saturated rings. The fraction of sp³-hybridized carbons (Fsp3) is 0.261. The van der Waals surface area contributed by atoms with Crippen LogP contribution in [0.3, 0.4) is 0 Å². The highest BCUT2D eigenvalue weighted by molar-refractivity contribution is 9.11. The molecule has 4 aromatic heterocycles. The Morgan fingerprint density at radius 1 is 0.724 bits per heavy atom. The largest absolute Gasteiger partial charge is 0.246 e. The SMILES string of the molecule is CCCCCCc1ccc(-c2cc(-c3ccc(Br)s3)nc(-c3ccc(Br)s3)c2)s1. The molecule has 0 saturated carbocycles. The molecule has 1 nitrogen and oxygen atoms in total. The molecule has 4 rings (SSSR count). The van der Waals surface area contributed by atoms with E-state index in [1.165, 1.54) is 57.2 Å². The van der Waals surface area contributed by atoms with Crippen LogP contribution in [0.4, 0.5) is 0 Å². The second-order valence-corrected chi connectivity index (χ2v) is 13.0. The van der Waals surface area contributed by atoms with E-state index in [0.717, 1.165) is 19.0 Å². The summed E-state index contributed by atoms with van der Waals surface area (Å²) in [5.74, 6) is 0. The molecule has 0 aromatic carbocycles. The number of aromatic nitrogens is 1. The molecule has 150 valence electrons. The summed E-state index contributed by atoms with van der Waals surface area (Å²) in [7, 11) is 0. The average molecular weight is 567 g/mol. The van der Waals surface area contributed by atoms with Gasteiger partial charge in [-0.25, -0.2) is 4.98 Å². The van der Waals surface area contributed by atoms with E-state index < -0.39 is 0 Å². The Labute approximate surface area is 201 Å². The predicted octanol–water partition coefficient (Wildman–Crippen LogP) is 9.91. The molecule has 4 heterocycles. The average Bonchev–Trinajstić information content (AvgIpc) is 3.46. The summed E-state index contributed by atoms with van der Waals surface area (Å²) < 4.78 is 2.26. The molecule has 0 unspecified atom stereocenters. The summed E-state index contributed by atoms with van der Waals surface area (Å²) >= 11 is 12.5. The van der Waals surface area contributed by atoms with E-state index >= 15 is 0 Å². The number of thiophene rings is 3. The van der Waals surface area contributed by atoms with Crippen molar-refractivity contribution in [2.45, 2.75) is 39.0 Å². The van der Waals surface area contributed by atoms with Gasteiger partial charge in [0.05, 0.1) is 28.7 Å². The fourth-order valence-electron chi connectivity index (χ4n) is 3.22. The van der Waals surface area contributed by atoms with Crippen molar-refractivity contribution >= 4 is 65.9 Å². The lowest BCUT2D eigenvalue weighted by molar-refractivity contribution is 0.670. The Hall–Kier alpha value is -0.790. The van der Waals surface area contributed by atoms with Crippen molar-refractivity contribution in [3.8, 4) is 31.6 Å². The van der Waals surface area contributed by atoms with Gasteiger partial charge in [-0.05, 0) is 98.8 Å². The van der Waals surface area contributed by atoms with Crippen LogP contribution in [0.5, 0.6) is 0 Å². The predicted molar refractivity (Wildman–Crippen MR) is 137 cm³/mol. The molecule has 0 bridgehead atoms. The Morgan fingerprint density at radius 3 is 1.90 bits per heavy atom. The number of nitrogens with zero attached hydrogens (tertiary/aromatic N) is 1. The molecule has 0 amide bonds. The summed E-state index contributed by atoms with van der Waals surface area (Å²) in [6, 6.07) is 17.5. The Bertz CT molecular complexity index is 1030.